The Morgan fingerprint density at radius 2 is 1.81 bits per heavy atom. The van der Waals surface area contributed by atoms with Crippen LogP contribution in [0, 0.1) is 25.2 Å². The van der Waals surface area contributed by atoms with Gasteiger partial charge in [0.05, 0.1) is 11.6 Å². The van der Waals surface area contributed by atoms with Crippen LogP contribution in [-0.4, -0.2) is 19.6 Å². The number of hydrogen-bond donors (Lipinski definition) is 0. The number of aryl methyl sites for hydroxylation is 2. The van der Waals surface area contributed by atoms with E-state index >= 15 is 0 Å². The number of rotatable bonds is 4. The lowest BCUT2D eigenvalue weighted by molar-refractivity contribution is 0.854. The third kappa shape index (κ3) is 3.42. The van der Waals surface area contributed by atoms with Gasteiger partial charge in [-0.15, -0.1) is 10.2 Å². The predicted molar refractivity (Wildman–Crippen MR) is 106 cm³/mol. The molecule has 0 fully saturated rings. The second kappa shape index (κ2) is 7.22. The molecule has 0 unspecified atom stereocenters. The fourth-order valence-electron chi connectivity index (χ4n) is 3.06. The molecule has 2 aromatic carbocycles. The molecule has 5 nitrogen and oxygen atoms in total. The average molecular weight is 371 g/mol. The van der Waals surface area contributed by atoms with Crippen molar-refractivity contribution in [3.63, 3.8) is 0 Å². The fraction of sp³-hybridized carbons (Fsp3) is 0.143. The molecule has 4 rings (SSSR count). The molecule has 0 bridgehead atoms. The first-order chi connectivity index (χ1) is 13.2. The maximum absolute atomic E-state index is 9.28. The van der Waals surface area contributed by atoms with Gasteiger partial charge in [0.25, 0.3) is 0 Å². The number of thioether (sulfide) groups is 1. The molecule has 4 aromatic rings. The highest BCUT2D eigenvalue weighted by molar-refractivity contribution is 7.98. The summed E-state index contributed by atoms with van der Waals surface area (Å²) in [7, 11) is 0. The van der Waals surface area contributed by atoms with Gasteiger partial charge in [0.2, 0.25) is 0 Å². The molecule has 2 heterocycles. The number of fused-ring (bicyclic) bond motifs is 1. The summed E-state index contributed by atoms with van der Waals surface area (Å²) in [4.78, 5) is 4.49. The van der Waals surface area contributed by atoms with E-state index in [9.17, 15) is 5.26 Å². The summed E-state index contributed by atoms with van der Waals surface area (Å²) >= 11 is 1.64. The van der Waals surface area contributed by atoms with Crippen molar-refractivity contribution in [2.24, 2.45) is 0 Å². The van der Waals surface area contributed by atoms with E-state index in [-0.39, 0.29) is 0 Å². The molecule has 0 spiro atoms. The van der Waals surface area contributed by atoms with Crippen molar-refractivity contribution in [1.29, 1.82) is 5.26 Å². The van der Waals surface area contributed by atoms with Crippen LogP contribution in [0.5, 0.6) is 0 Å². The van der Waals surface area contributed by atoms with Crippen LogP contribution in [0.3, 0.4) is 0 Å². The predicted octanol–water partition coefficient (Wildman–Crippen LogP) is 4.57. The van der Waals surface area contributed by atoms with E-state index in [2.05, 4.69) is 45.5 Å². The molecular formula is C21H17N5S. The zero-order chi connectivity index (χ0) is 18.8. The smallest absolute Gasteiger partial charge is 0.197 e. The summed E-state index contributed by atoms with van der Waals surface area (Å²) in [5.41, 5.74) is 5.65. The van der Waals surface area contributed by atoms with Crippen LogP contribution >= 0.6 is 11.8 Å². The molecule has 0 aliphatic heterocycles. The van der Waals surface area contributed by atoms with Gasteiger partial charge in [-0.25, -0.2) is 4.98 Å². The topological polar surface area (TPSA) is 66.9 Å². The van der Waals surface area contributed by atoms with E-state index in [1.165, 1.54) is 5.56 Å². The van der Waals surface area contributed by atoms with Crippen LogP contribution in [-0.2, 0) is 5.75 Å². The number of nitrogens with zero attached hydrogens (tertiary/aromatic N) is 5. The van der Waals surface area contributed by atoms with Gasteiger partial charge in [-0.3, -0.25) is 4.40 Å². The molecule has 0 N–H and O–H groups in total. The highest BCUT2D eigenvalue weighted by Crippen LogP contribution is 2.26. The Kier molecular flexibility index (Phi) is 4.61. The van der Waals surface area contributed by atoms with Crippen molar-refractivity contribution in [2.45, 2.75) is 24.8 Å². The molecule has 0 amide bonds. The minimum Gasteiger partial charge on any atom is -0.258 e. The molecule has 0 radical (unpaired) electrons. The van der Waals surface area contributed by atoms with Crippen LogP contribution < -0.4 is 0 Å². The van der Waals surface area contributed by atoms with Gasteiger partial charge < -0.3 is 0 Å². The molecule has 0 aliphatic carbocycles. The summed E-state index contributed by atoms with van der Waals surface area (Å²) in [6.07, 6.45) is 0. The minimum atomic E-state index is 0.688. The Hall–Kier alpha value is -3.17. The zero-order valence-electron chi connectivity index (χ0n) is 15.0. The first kappa shape index (κ1) is 17.3. The Bertz CT molecular complexity index is 1160. The Morgan fingerprint density at radius 3 is 2.59 bits per heavy atom. The number of hydrogen-bond acceptors (Lipinski definition) is 5. The van der Waals surface area contributed by atoms with Gasteiger partial charge >= 0.3 is 0 Å². The lowest BCUT2D eigenvalue weighted by Gasteiger charge is -2.06. The van der Waals surface area contributed by atoms with E-state index in [0.29, 0.717) is 5.56 Å². The van der Waals surface area contributed by atoms with Crippen molar-refractivity contribution in [3.8, 4) is 17.2 Å². The summed E-state index contributed by atoms with van der Waals surface area (Å²) in [6, 6.07) is 20.1. The van der Waals surface area contributed by atoms with Crippen LogP contribution in [0.1, 0.15) is 22.6 Å². The van der Waals surface area contributed by atoms with Gasteiger partial charge in [-0.1, -0.05) is 54.2 Å². The van der Waals surface area contributed by atoms with E-state index in [1.807, 2.05) is 48.6 Å². The van der Waals surface area contributed by atoms with Gasteiger partial charge in [0.1, 0.15) is 5.82 Å². The van der Waals surface area contributed by atoms with Crippen LogP contribution in [0.15, 0.2) is 59.8 Å². The maximum Gasteiger partial charge on any atom is 0.197 e. The highest BCUT2D eigenvalue weighted by Gasteiger charge is 2.10. The molecule has 132 valence electrons. The normalized spacial score (nSPS) is 10.9. The summed E-state index contributed by atoms with van der Waals surface area (Å²) in [6.45, 7) is 3.93. The van der Waals surface area contributed by atoms with Crippen molar-refractivity contribution in [3.05, 3.63) is 77.2 Å². The molecular weight excluding hydrogens is 354 g/mol. The van der Waals surface area contributed by atoms with E-state index < -0.39 is 0 Å². The lowest BCUT2D eigenvalue weighted by atomic mass is 10.00. The molecule has 0 aliphatic rings. The number of benzene rings is 2. The summed E-state index contributed by atoms with van der Waals surface area (Å²) in [5, 5.41) is 18.7. The maximum atomic E-state index is 9.28. The first-order valence-electron chi connectivity index (χ1n) is 8.56. The standard InChI is InChI=1S/C21H17N5S/c1-14-11-20-24-25-21(26(20)15(2)23-14)27-13-16-7-9-17(10-8-16)19-6-4-3-5-18(19)12-22/h3-11H,13H2,1-2H3. The Labute approximate surface area is 161 Å². The van der Waals surface area contributed by atoms with Crippen LogP contribution in [0.4, 0.5) is 0 Å². The van der Waals surface area contributed by atoms with Gasteiger partial charge in [-0.2, -0.15) is 5.26 Å². The fourth-order valence-corrected chi connectivity index (χ4v) is 4.00. The molecule has 6 heteroatoms. The molecule has 2 aromatic heterocycles. The van der Waals surface area contributed by atoms with E-state index in [1.54, 1.807) is 11.8 Å². The van der Waals surface area contributed by atoms with Crippen molar-refractivity contribution in [2.75, 3.05) is 0 Å². The number of aromatic nitrogens is 4. The first-order valence-corrected chi connectivity index (χ1v) is 9.55. The molecule has 27 heavy (non-hydrogen) atoms. The zero-order valence-corrected chi connectivity index (χ0v) is 15.9. The summed E-state index contributed by atoms with van der Waals surface area (Å²) < 4.78 is 1.98. The minimum absolute atomic E-state index is 0.688. The van der Waals surface area contributed by atoms with Crippen LogP contribution in [0.25, 0.3) is 16.8 Å². The quantitative estimate of drug-likeness (QED) is 0.492. The third-order valence-corrected chi connectivity index (χ3v) is 5.34. The second-order valence-corrected chi connectivity index (χ2v) is 7.21. The van der Waals surface area contributed by atoms with E-state index in [4.69, 9.17) is 0 Å². The SMILES string of the molecule is Cc1cc2nnc(SCc3ccc(-c4ccccc4C#N)cc3)n2c(C)n1. The van der Waals surface area contributed by atoms with Crippen molar-refractivity contribution < 1.29 is 0 Å². The number of nitriles is 1. The van der Waals surface area contributed by atoms with Gasteiger partial charge in [0.15, 0.2) is 10.8 Å². The van der Waals surface area contributed by atoms with Crippen LogP contribution in [0.2, 0.25) is 0 Å². The van der Waals surface area contributed by atoms with Gasteiger partial charge in [0, 0.05) is 17.5 Å². The Morgan fingerprint density at radius 1 is 1.04 bits per heavy atom. The molecule has 0 atom stereocenters. The monoisotopic (exact) mass is 371 g/mol. The third-order valence-electron chi connectivity index (χ3n) is 4.34. The summed E-state index contributed by atoms with van der Waals surface area (Å²) in [5.74, 6) is 1.68. The second-order valence-electron chi connectivity index (χ2n) is 6.26. The largest absolute Gasteiger partial charge is 0.258 e. The molecule has 0 saturated carbocycles. The molecule has 0 saturated heterocycles. The lowest BCUT2D eigenvalue weighted by Crippen LogP contribution is -1.98. The highest BCUT2D eigenvalue weighted by atomic mass is 32.2. The van der Waals surface area contributed by atoms with E-state index in [0.717, 1.165) is 39.2 Å². The Balaban J connectivity index is 1.54. The van der Waals surface area contributed by atoms with Gasteiger partial charge in [-0.05, 0) is 36.6 Å². The average Bonchev–Trinajstić information content (AvgIpc) is 3.10. The van der Waals surface area contributed by atoms with Crippen molar-refractivity contribution in [1.82, 2.24) is 19.6 Å². The van der Waals surface area contributed by atoms with Crippen molar-refractivity contribution >= 4 is 17.4 Å².